The monoisotopic (exact) mass is 351 g/mol. The summed E-state index contributed by atoms with van der Waals surface area (Å²) in [5.41, 5.74) is 5.01. The number of hydrogen-bond acceptors (Lipinski definition) is 4. The van der Waals surface area contributed by atoms with E-state index in [1.54, 1.807) is 13.1 Å². The Morgan fingerprint density at radius 2 is 2.04 bits per heavy atom. The van der Waals surface area contributed by atoms with E-state index >= 15 is 0 Å². The number of carbonyl (C=O) groups is 2. The maximum absolute atomic E-state index is 11.9. The number of nitrogens with zero attached hydrogens (tertiary/aromatic N) is 1. The molecular formula is C20H21N3O3. The van der Waals surface area contributed by atoms with Crippen LogP contribution in [0.3, 0.4) is 0 Å². The minimum atomic E-state index is -0.374. The van der Waals surface area contributed by atoms with Crippen LogP contribution in [-0.4, -0.2) is 30.1 Å². The van der Waals surface area contributed by atoms with E-state index in [1.807, 2.05) is 24.3 Å². The van der Waals surface area contributed by atoms with E-state index in [9.17, 15) is 9.59 Å². The summed E-state index contributed by atoms with van der Waals surface area (Å²) in [7, 11) is 0. The molecule has 3 rings (SSSR count). The van der Waals surface area contributed by atoms with Crippen LogP contribution in [0.2, 0.25) is 0 Å². The molecule has 1 aromatic carbocycles. The van der Waals surface area contributed by atoms with Gasteiger partial charge < -0.3 is 15.4 Å². The van der Waals surface area contributed by atoms with Crippen molar-refractivity contribution >= 4 is 29.3 Å². The van der Waals surface area contributed by atoms with Crippen LogP contribution < -0.4 is 10.6 Å². The predicted molar refractivity (Wildman–Crippen MR) is 101 cm³/mol. The van der Waals surface area contributed by atoms with Gasteiger partial charge in [-0.05, 0) is 35.8 Å². The van der Waals surface area contributed by atoms with Gasteiger partial charge in [0.2, 0.25) is 0 Å². The van der Waals surface area contributed by atoms with Crippen LogP contribution in [0.5, 0.6) is 0 Å². The number of aromatic nitrogens is 1. The van der Waals surface area contributed by atoms with Crippen LogP contribution >= 0.6 is 0 Å². The van der Waals surface area contributed by atoms with Gasteiger partial charge >= 0.3 is 12.0 Å². The Labute approximate surface area is 152 Å². The summed E-state index contributed by atoms with van der Waals surface area (Å²) in [4.78, 5) is 27.6. The summed E-state index contributed by atoms with van der Waals surface area (Å²) < 4.78 is 4.81. The quantitative estimate of drug-likeness (QED) is 0.783. The Morgan fingerprint density at radius 3 is 2.81 bits per heavy atom. The Balaban J connectivity index is 1.57. The fraction of sp³-hybridized carbons (Fsp3) is 0.250. The number of ether oxygens (including phenoxy) is 1. The number of anilines is 1. The molecule has 0 saturated carbocycles. The first-order valence-corrected chi connectivity index (χ1v) is 8.61. The molecule has 0 atom stereocenters. The molecule has 0 aliphatic heterocycles. The summed E-state index contributed by atoms with van der Waals surface area (Å²) in [5, 5.41) is 5.37. The highest BCUT2D eigenvalue weighted by Crippen LogP contribution is 2.31. The number of rotatable bonds is 6. The molecular weight excluding hydrogens is 330 g/mol. The van der Waals surface area contributed by atoms with Crippen molar-refractivity contribution in [3.05, 3.63) is 59.4 Å². The van der Waals surface area contributed by atoms with E-state index in [2.05, 4.69) is 33.8 Å². The number of carbonyl (C=O) groups excluding carboxylic acids is 2. The number of amides is 2. The Morgan fingerprint density at radius 1 is 1.23 bits per heavy atom. The van der Waals surface area contributed by atoms with Gasteiger partial charge in [0.15, 0.2) is 0 Å². The molecule has 2 aromatic rings. The number of urea groups is 1. The SMILES string of the molecule is CCOC(=O)CCNC(=O)Nc1cnc2c(c1)C=C(c1ccccc1)C2. The molecule has 0 saturated heterocycles. The van der Waals surface area contributed by atoms with E-state index in [-0.39, 0.29) is 25.0 Å². The lowest BCUT2D eigenvalue weighted by atomic mass is 10.1. The minimum absolute atomic E-state index is 0.146. The first-order chi connectivity index (χ1) is 12.7. The number of benzene rings is 1. The standard InChI is InChI=1S/C20H21N3O3/c1-2-26-19(24)8-9-21-20(25)23-17-11-16-10-15(12-18(16)22-13-17)14-6-4-3-5-7-14/h3-7,10-11,13H,2,8-9,12H2,1H3,(H2,21,23,25). The molecule has 26 heavy (non-hydrogen) atoms. The fourth-order valence-electron chi connectivity index (χ4n) is 2.79. The van der Waals surface area contributed by atoms with Crippen LogP contribution in [0.1, 0.15) is 30.2 Å². The van der Waals surface area contributed by atoms with Crippen LogP contribution in [0, 0.1) is 0 Å². The van der Waals surface area contributed by atoms with Gasteiger partial charge in [-0.1, -0.05) is 30.3 Å². The molecule has 1 aliphatic carbocycles. The lowest BCUT2D eigenvalue weighted by Crippen LogP contribution is -2.31. The normalized spacial score (nSPS) is 12.1. The molecule has 134 valence electrons. The zero-order chi connectivity index (χ0) is 18.4. The van der Waals surface area contributed by atoms with Crippen LogP contribution in [0.4, 0.5) is 10.5 Å². The topological polar surface area (TPSA) is 80.3 Å². The molecule has 0 radical (unpaired) electrons. The zero-order valence-corrected chi connectivity index (χ0v) is 14.6. The number of allylic oxidation sites excluding steroid dienone is 1. The van der Waals surface area contributed by atoms with Crippen LogP contribution in [-0.2, 0) is 16.0 Å². The number of nitrogens with one attached hydrogen (secondary N) is 2. The molecule has 0 unspecified atom stereocenters. The maximum atomic E-state index is 11.9. The van der Waals surface area contributed by atoms with Gasteiger partial charge in [-0.25, -0.2) is 4.79 Å². The molecule has 0 fully saturated rings. The van der Waals surface area contributed by atoms with Crippen LogP contribution in [0.15, 0.2) is 42.6 Å². The average Bonchev–Trinajstić information content (AvgIpc) is 3.06. The van der Waals surface area contributed by atoms with E-state index in [0.29, 0.717) is 12.3 Å². The lowest BCUT2D eigenvalue weighted by molar-refractivity contribution is -0.142. The van der Waals surface area contributed by atoms with E-state index in [0.717, 1.165) is 17.7 Å². The summed E-state index contributed by atoms with van der Waals surface area (Å²) in [6.45, 7) is 2.31. The predicted octanol–water partition coefficient (Wildman–Crippen LogP) is 3.25. The molecule has 0 spiro atoms. The lowest BCUT2D eigenvalue weighted by Gasteiger charge is -2.08. The third-order valence-corrected chi connectivity index (χ3v) is 4.01. The number of pyridine rings is 1. The molecule has 6 nitrogen and oxygen atoms in total. The average molecular weight is 351 g/mol. The smallest absolute Gasteiger partial charge is 0.319 e. The van der Waals surface area contributed by atoms with Gasteiger partial charge in [0.05, 0.1) is 30.6 Å². The molecule has 1 aliphatic rings. The summed E-state index contributed by atoms with van der Waals surface area (Å²) in [5.74, 6) is -0.328. The van der Waals surface area contributed by atoms with Crippen molar-refractivity contribution in [3.8, 4) is 0 Å². The van der Waals surface area contributed by atoms with Crippen molar-refractivity contribution in [1.82, 2.24) is 10.3 Å². The largest absolute Gasteiger partial charge is 0.466 e. The molecule has 2 N–H and O–H groups in total. The Bertz CT molecular complexity index is 831. The van der Waals surface area contributed by atoms with Gasteiger partial charge in [0.1, 0.15) is 0 Å². The summed E-state index contributed by atoms with van der Waals surface area (Å²) in [6, 6.07) is 11.7. The van der Waals surface area contributed by atoms with Crippen molar-refractivity contribution in [2.45, 2.75) is 19.8 Å². The zero-order valence-electron chi connectivity index (χ0n) is 14.6. The fourth-order valence-corrected chi connectivity index (χ4v) is 2.79. The van der Waals surface area contributed by atoms with E-state index < -0.39 is 0 Å². The van der Waals surface area contributed by atoms with E-state index in [4.69, 9.17) is 4.74 Å². The Kier molecular flexibility index (Phi) is 5.63. The summed E-state index contributed by atoms with van der Waals surface area (Å²) >= 11 is 0. The second kappa shape index (κ2) is 8.29. The third-order valence-electron chi connectivity index (χ3n) is 4.01. The Hall–Kier alpha value is -3.15. The highest BCUT2D eigenvalue weighted by atomic mass is 16.5. The number of esters is 1. The second-order valence-corrected chi connectivity index (χ2v) is 5.91. The van der Waals surface area contributed by atoms with Gasteiger partial charge in [-0.3, -0.25) is 9.78 Å². The summed E-state index contributed by atoms with van der Waals surface area (Å²) in [6.07, 6.45) is 4.67. The van der Waals surface area contributed by atoms with Crippen molar-refractivity contribution in [3.63, 3.8) is 0 Å². The third kappa shape index (κ3) is 4.47. The van der Waals surface area contributed by atoms with Gasteiger partial charge in [0.25, 0.3) is 0 Å². The first kappa shape index (κ1) is 17.7. The number of fused-ring (bicyclic) bond motifs is 1. The maximum Gasteiger partial charge on any atom is 0.319 e. The van der Waals surface area contributed by atoms with Gasteiger partial charge in [-0.2, -0.15) is 0 Å². The minimum Gasteiger partial charge on any atom is -0.466 e. The van der Waals surface area contributed by atoms with Crippen molar-refractivity contribution in [2.75, 3.05) is 18.5 Å². The number of hydrogen-bond donors (Lipinski definition) is 2. The highest BCUT2D eigenvalue weighted by Gasteiger charge is 2.16. The van der Waals surface area contributed by atoms with Crippen molar-refractivity contribution in [1.29, 1.82) is 0 Å². The molecule has 1 heterocycles. The molecule has 2 amide bonds. The second-order valence-electron chi connectivity index (χ2n) is 5.91. The molecule has 0 bridgehead atoms. The van der Waals surface area contributed by atoms with Crippen LogP contribution in [0.25, 0.3) is 11.6 Å². The molecule has 1 aromatic heterocycles. The van der Waals surface area contributed by atoms with Gasteiger partial charge in [-0.15, -0.1) is 0 Å². The highest BCUT2D eigenvalue weighted by molar-refractivity contribution is 5.92. The van der Waals surface area contributed by atoms with E-state index in [1.165, 1.54) is 11.1 Å². The first-order valence-electron chi connectivity index (χ1n) is 8.61. The van der Waals surface area contributed by atoms with Gasteiger partial charge in [0, 0.05) is 13.0 Å². The molecule has 6 heteroatoms. The van der Waals surface area contributed by atoms with Crippen molar-refractivity contribution in [2.24, 2.45) is 0 Å². The van der Waals surface area contributed by atoms with Crippen molar-refractivity contribution < 1.29 is 14.3 Å².